The SMILES string of the molecule is CC(=O)O[C@H]1C(=O)[C@@]2(C)[C@H]([C@H](OC(=O)c3ccccc3)[C@]3(O)C[C@H](OC(=O)[C@H](O)[C@@H](NC(=O)c4ccccc4)c4ccccc4)C(C)=C1C3(C)C)[C@]1(OC(C)=O)CO[C@@H]1CC[C@@H]2O. The molecule has 11 atom stereocenters. The highest BCUT2D eigenvalue weighted by Gasteiger charge is 2.77. The molecule has 3 aromatic rings. The van der Waals surface area contributed by atoms with Crippen molar-refractivity contribution >= 4 is 35.6 Å². The fourth-order valence-electron chi connectivity index (χ4n) is 10.4. The van der Waals surface area contributed by atoms with Gasteiger partial charge in [-0.15, -0.1) is 0 Å². The number of amides is 1. The molecule has 7 rings (SSSR count). The molecule has 1 aliphatic heterocycles. The van der Waals surface area contributed by atoms with Crippen molar-refractivity contribution < 1.29 is 67.8 Å². The second-order valence-electron chi connectivity index (χ2n) is 17.7. The largest absolute Gasteiger partial charge is 0.456 e. The van der Waals surface area contributed by atoms with Gasteiger partial charge in [-0.3, -0.25) is 19.2 Å². The van der Waals surface area contributed by atoms with Crippen molar-refractivity contribution in [2.45, 2.75) is 115 Å². The maximum Gasteiger partial charge on any atom is 0.338 e. The minimum atomic E-state index is -2.40. The predicted molar refractivity (Wildman–Crippen MR) is 222 cm³/mol. The number of aliphatic hydroxyl groups is 3. The van der Waals surface area contributed by atoms with Crippen LogP contribution in [0.2, 0.25) is 0 Å². The van der Waals surface area contributed by atoms with Crippen molar-refractivity contribution in [3.05, 3.63) is 119 Å². The first-order valence-electron chi connectivity index (χ1n) is 21.0. The fraction of sp³-hybridized carbons (Fsp3) is 0.458. The number of carbonyl (C=O) groups excluding carboxylic acids is 6. The Morgan fingerprint density at radius 3 is 1.95 bits per heavy atom. The highest BCUT2D eigenvalue weighted by atomic mass is 16.6. The molecule has 1 heterocycles. The van der Waals surface area contributed by atoms with Gasteiger partial charge in [-0.25, -0.2) is 9.59 Å². The van der Waals surface area contributed by atoms with Crippen LogP contribution in [0.25, 0.3) is 0 Å². The van der Waals surface area contributed by atoms with E-state index >= 15 is 4.79 Å². The lowest BCUT2D eigenvalue weighted by molar-refractivity contribution is -0.314. The molecule has 3 aliphatic carbocycles. The number of fused-ring (bicyclic) bond motifs is 5. The molecule has 0 radical (unpaired) electrons. The van der Waals surface area contributed by atoms with Gasteiger partial charge < -0.3 is 44.3 Å². The average molecular weight is 868 g/mol. The Kier molecular flexibility index (Phi) is 12.3. The molecule has 0 spiro atoms. The lowest BCUT2D eigenvalue weighted by Gasteiger charge is -2.63. The van der Waals surface area contributed by atoms with Gasteiger partial charge in [0.2, 0.25) is 0 Å². The van der Waals surface area contributed by atoms with E-state index in [1.807, 2.05) is 0 Å². The van der Waals surface area contributed by atoms with Crippen molar-refractivity contribution in [2.24, 2.45) is 16.7 Å². The molecule has 0 aromatic heterocycles. The third kappa shape index (κ3) is 7.74. The summed E-state index contributed by atoms with van der Waals surface area (Å²) >= 11 is 0. The Balaban J connectivity index is 1.40. The third-order valence-electron chi connectivity index (χ3n) is 13.7. The number of nitrogens with one attached hydrogen (secondary N) is 1. The smallest absolute Gasteiger partial charge is 0.338 e. The lowest BCUT2D eigenvalue weighted by atomic mass is 9.47. The van der Waals surface area contributed by atoms with Crippen molar-refractivity contribution in [3.8, 4) is 0 Å². The Labute approximate surface area is 364 Å². The molecular weight excluding hydrogens is 815 g/mol. The summed E-state index contributed by atoms with van der Waals surface area (Å²) in [7, 11) is 0. The van der Waals surface area contributed by atoms with E-state index in [1.54, 1.807) is 92.7 Å². The molecule has 4 aliphatic rings. The Morgan fingerprint density at radius 1 is 0.810 bits per heavy atom. The summed E-state index contributed by atoms with van der Waals surface area (Å²) < 4.78 is 30.6. The molecular formula is C48H53NO14. The third-order valence-corrected chi connectivity index (χ3v) is 13.7. The summed E-state index contributed by atoms with van der Waals surface area (Å²) in [5.41, 5.74) is -7.05. The highest BCUT2D eigenvalue weighted by molar-refractivity contribution is 5.96. The number of Topliss-reactive ketones (excluding diaryl/α,β-unsaturated/α-hetero) is 1. The van der Waals surface area contributed by atoms with Crippen LogP contribution in [0, 0.1) is 16.7 Å². The summed E-state index contributed by atoms with van der Waals surface area (Å²) in [5, 5.41) is 40.5. The van der Waals surface area contributed by atoms with E-state index in [9.17, 15) is 39.3 Å². The van der Waals surface area contributed by atoms with Gasteiger partial charge in [0.1, 0.15) is 23.9 Å². The van der Waals surface area contributed by atoms with Gasteiger partial charge in [-0.1, -0.05) is 80.6 Å². The van der Waals surface area contributed by atoms with E-state index in [4.69, 9.17) is 23.7 Å². The zero-order valence-corrected chi connectivity index (χ0v) is 35.9. The normalized spacial score (nSPS) is 31.7. The van der Waals surface area contributed by atoms with Crippen LogP contribution >= 0.6 is 0 Å². The summed E-state index contributed by atoms with van der Waals surface area (Å²) in [4.78, 5) is 83.9. The number of benzene rings is 3. The van der Waals surface area contributed by atoms with Crippen LogP contribution in [0.5, 0.6) is 0 Å². The van der Waals surface area contributed by atoms with Gasteiger partial charge in [0, 0.05) is 31.2 Å². The van der Waals surface area contributed by atoms with Crippen molar-refractivity contribution in [3.63, 3.8) is 0 Å². The molecule has 2 saturated carbocycles. The number of aliphatic hydroxyl groups excluding tert-OH is 2. The number of esters is 4. The molecule has 2 bridgehead atoms. The van der Waals surface area contributed by atoms with Gasteiger partial charge in [0.25, 0.3) is 5.91 Å². The van der Waals surface area contributed by atoms with Gasteiger partial charge in [-0.05, 0) is 67.7 Å². The quantitative estimate of drug-likeness (QED) is 0.128. The molecule has 4 N–H and O–H groups in total. The predicted octanol–water partition coefficient (Wildman–Crippen LogP) is 4.13. The molecule has 15 heteroatoms. The topological polar surface area (TPSA) is 221 Å². The van der Waals surface area contributed by atoms with Crippen LogP contribution in [-0.4, -0.2) is 105 Å². The van der Waals surface area contributed by atoms with Crippen LogP contribution in [0.3, 0.4) is 0 Å². The van der Waals surface area contributed by atoms with E-state index in [0.717, 1.165) is 13.8 Å². The summed E-state index contributed by atoms with van der Waals surface area (Å²) in [5.74, 6) is -6.83. The number of carbonyl (C=O) groups is 6. The average Bonchev–Trinajstić information content (AvgIpc) is 3.30. The zero-order valence-electron chi connectivity index (χ0n) is 35.9. The number of ketones is 1. The summed E-state index contributed by atoms with van der Waals surface area (Å²) in [6.45, 7) is 8.03. The van der Waals surface area contributed by atoms with Gasteiger partial charge in [0.05, 0.1) is 35.6 Å². The number of hydrogen-bond donors (Lipinski definition) is 4. The molecule has 1 saturated heterocycles. The molecule has 1 amide bonds. The molecule has 3 aromatic carbocycles. The Morgan fingerprint density at radius 2 is 1.40 bits per heavy atom. The molecule has 3 fully saturated rings. The van der Waals surface area contributed by atoms with Crippen LogP contribution in [0.15, 0.2) is 102 Å². The zero-order chi connectivity index (χ0) is 45.6. The van der Waals surface area contributed by atoms with Gasteiger partial charge in [0.15, 0.2) is 23.6 Å². The first-order valence-corrected chi connectivity index (χ1v) is 21.0. The van der Waals surface area contributed by atoms with Gasteiger partial charge >= 0.3 is 23.9 Å². The van der Waals surface area contributed by atoms with E-state index in [0.29, 0.717) is 5.56 Å². The van der Waals surface area contributed by atoms with Crippen LogP contribution in [0.1, 0.15) is 93.1 Å². The van der Waals surface area contributed by atoms with E-state index < -0.39 is 113 Å². The minimum absolute atomic E-state index is 0.000516. The van der Waals surface area contributed by atoms with Crippen molar-refractivity contribution in [1.82, 2.24) is 5.32 Å². The second kappa shape index (κ2) is 17.1. The van der Waals surface area contributed by atoms with E-state index in [-0.39, 0.29) is 41.7 Å². The number of rotatable bonds is 10. The monoisotopic (exact) mass is 867 g/mol. The van der Waals surface area contributed by atoms with Crippen LogP contribution < -0.4 is 5.32 Å². The van der Waals surface area contributed by atoms with Crippen molar-refractivity contribution in [1.29, 1.82) is 0 Å². The Bertz CT molecular complexity index is 2300. The maximum absolute atomic E-state index is 15.6. The second-order valence-corrected chi connectivity index (χ2v) is 17.7. The molecule has 0 unspecified atom stereocenters. The fourth-order valence-corrected chi connectivity index (χ4v) is 10.4. The maximum atomic E-state index is 15.6. The van der Waals surface area contributed by atoms with Crippen LogP contribution in [-0.2, 0) is 42.9 Å². The summed E-state index contributed by atoms with van der Waals surface area (Å²) in [6.07, 6.45) is -10.2. The number of hydrogen-bond acceptors (Lipinski definition) is 14. The van der Waals surface area contributed by atoms with Crippen molar-refractivity contribution in [2.75, 3.05) is 6.61 Å². The number of ether oxygens (including phenoxy) is 5. The van der Waals surface area contributed by atoms with Crippen LogP contribution in [0.4, 0.5) is 0 Å². The van der Waals surface area contributed by atoms with E-state index in [1.165, 1.54) is 26.0 Å². The highest BCUT2D eigenvalue weighted by Crippen LogP contribution is 2.63. The molecule has 334 valence electrons. The lowest BCUT2D eigenvalue weighted by Crippen LogP contribution is -2.78. The molecule has 15 nitrogen and oxygen atoms in total. The van der Waals surface area contributed by atoms with Gasteiger partial charge in [-0.2, -0.15) is 0 Å². The summed E-state index contributed by atoms with van der Waals surface area (Å²) in [6, 6.07) is 23.0. The molecule has 63 heavy (non-hydrogen) atoms. The first kappa shape index (κ1) is 45.3. The van der Waals surface area contributed by atoms with E-state index in [2.05, 4.69) is 5.32 Å². The minimum Gasteiger partial charge on any atom is -0.456 e. The standard InChI is InChI=1S/C48H53NO14/c1-26-32(61-44(57)37(53)36(29-16-10-7-11-17-29)49-42(55)30-18-12-8-13-19-30)24-48(58)41(62-43(56)31-20-14-9-15-21-31)39-46(6,40(54)38(60-27(2)50)35(26)45(48,4)5)33(52)22-23-34-47(39,25-59-34)63-28(3)51/h7-21,32-34,36-39,41,52-53,58H,22-25H2,1-6H3,(H,49,55)/t32-,33-,34+,36-,37+,38+,39-,41-,46+,47-,48+/m0/s1. The Hall–Kier alpha value is -5.74. The first-order chi connectivity index (χ1) is 29.8.